The van der Waals surface area contributed by atoms with E-state index in [1.807, 2.05) is 32.9 Å². The lowest BCUT2D eigenvalue weighted by Gasteiger charge is -2.19. The Morgan fingerprint density at radius 2 is 2.04 bits per heavy atom. The molecule has 0 fully saturated rings. The van der Waals surface area contributed by atoms with Crippen LogP contribution in [-0.2, 0) is 13.1 Å². The number of furan rings is 1. The molecule has 0 bridgehead atoms. The quantitative estimate of drug-likeness (QED) is 0.728. The molecule has 1 N–H and O–H groups in total. The summed E-state index contributed by atoms with van der Waals surface area (Å²) < 4.78 is 6.92. The summed E-state index contributed by atoms with van der Waals surface area (Å²) in [6.45, 7) is 8.10. The fourth-order valence-corrected chi connectivity index (χ4v) is 3.13. The van der Waals surface area contributed by atoms with Crippen molar-refractivity contribution in [2.45, 2.75) is 46.7 Å². The molecule has 3 aromatic rings. The van der Waals surface area contributed by atoms with Crippen molar-refractivity contribution in [3.05, 3.63) is 61.8 Å². The number of carbonyl (C=O) groups excluding carboxylic acids is 1. The lowest BCUT2D eigenvalue weighted by Crippen LogP contribution is -2.33. The van der Waals surface area contributed by atoms with E-state index in [0.29, 0.717) is 18.0 Å². The number of amides is 1. The number of carbonyl (C=O) groups is 1. The Kier molecular flexibility index (Phi) is 5.22. The smallest absolute Gasteiger partial charge is 0.329 e. The highest BCUT2D eigenvalue weighted by atomic mass is 16.3. The third-order valence-corrected chi connectivity index (χ3v) is 4.64. The van der Waals surface area contributed by atoms with Crippen molar-refractivity contribution in [1.82, 2.24) is 19.4 Å². The van der Waals surface area contributed by atoms with Crippen LogP contribution in [0.3, 0.4) is 0 Å². The van der Waals surface area contributed by atoms with Crippen molar-refractivity contribution >= 4 is 16.9 Å². The molecule has 0 spiro atoms. The zero-order chi connectivity index (χ0) is 20.6. The number of aryl methyl sites for hydroxylation is 2. The molecule has 0 atom stereocenters. The molecule has 0 aliphatic carbocycles. The number of nitrogens with one attached hydrogen (secondary N) is 1. The maximum atomic E-state index is 13.2. The van der Waals surface area contributed by atoms with Crippen LogP contribution in [0.2, 0.25) is 0 Å². The number of pyridine rings is 1. The summed E-state index contributed by atoms with van der Waals surface area (Å²) in [7, 11) is 1.64. The molecule has 3 heterocycles. The highest BCUT2D eigenvalue weighted by Crippen LogP contribution is 2.21. The van der Waals surface area contributed by atoms with Crippen molar-refractivity contribution in [1.29, 1.82) is 0 Å². The zero-order valence-electron chi connectivity index (χ0n) is 16.7. The molecule has 1 amide bonds. The van der Waals surface area contributed by atoms with Crippen molar-refractivity contribution in [2.75, 3.05) is 7.05 Å². The first kappa shape index (κ1) is 19.6. The Bertz CT molecular complexity index is 1150. The molecule has 0 saturated heterocycles. The number of hydrogen-bond acceptors (Lipinski definition) is 5. The predicted octanol–water partition coefficient (Wildman–Crippen LogP) is 2.40. The maximum absolute atomic E-state index is 13.2. The van der Waals surface area contributed by atoms with E-state index in [1.54, 1.807) is 20.0 Å². The van der Waals surface area contributed by atoms with E-state index in [4.69, 9.17) is 4.42 Å². The molecule has 0 aliphatic rings. The Morgan fingerprint density at radius 1 is 1.32 bits per heavy atom. The first-order valence-corrected chi connectivity index (χ1v) is 9.21. The SMILES string of the molecule is CCn1c(=O)[nH]c(=O)c2c(C(=O)N(C)Cc3ccc(C)o3)cc(C(C)C)nc21. The highest BCUT2D eigenvalue weighted by molar-refractivity contribution is 6.05. The van der Waals surface area contributed by atoms with E-state index in [-0.39, 0.29) is 35.0 Å². The second-order valence-electron chi connectivity index (χ2n) is 7.13. The summed E-state index contributed by atoms with van der Waals surface area (Å²) in [6.07, 6.45) is 0. The molecule has 0 aromatic carbocycles. The summed E-state index contributed by atoms with van der Waals surface area (Å²) in [6, 6.07) is 5.28. The van der Waals surface area contributed by atoms with Gasteiger partial charge in [-0.2, -0.15) is 0 Å². The molecule has 0 aliphatic heterocycles. The average Bonchev–Trinajstić information content (AvgIpc) is 3.04. The monoisotopic (exact) mass is 384 g/mol. The van der Waals surface area contributed by atoms with Crippen LogP contribution in [-0.4, -0.2) is 32.4 Å². The van der Waals surface area contributed by atoms with Gasteiger partial charge in [-0.15, -0.1) is 0 Å². The Labute approximate surface area is 161 Å². The number of rotatable bonds is 5. The molecule has 8 heteroatoms. The molecular weight excluding hydrogens is 360 g/mol. The van der Waals surface area contributed by atoms with Gasteiger partial charge in [0, 0.05) is 19.3 Å². The predicted molar refractivity (Wildman–Crippen MR) is 106 cm³/mol. The second-order valence-corrected chi connectivity index (χ2v) is 7.13. The van der Waals surface area contributed by atoms with E-state index >= 15 is 0 Å². The van der Waals surface area contributed by atoms with Crippen LogP contribution < -0.4 is 11.2 Å². The molecule has 8 nitrogen and oxygen atoms in total. The lowest BCUT2D eigenvalue weighted by molar-refractivity contribution is 0.0776. The van der Waals surface area contributed by atoms with Crippen LogP contribution in [0, 0.1) is 6.92 Å². The second kappa shape index (κ2) is 7.46. The number of aromatic amines is 1. The van der Waals surface area contributed by atoms with Crippen LogP contribution in [0.4, 0.5) is 0 Å². The van der Waals surface area contributed by atoms with Gasteiger partial charge in [-0.05, 0) is 38.0 Å². The molecule has 148 valence electrons. The van der Waals surface area contributed by atoms with Gasteiger partial charge in [0.15, 0.2) is 5.65 Å². The number of nitrogens with zero attached hydrogens (tertiary/aromatic N) is 3. The molecular formula is C20H24N4O4. The summed E-state index contributed by atoms with van der Waals surface area (Å²) in [5.74, 6) is 1.09. The molecule has 3 rings (SSSR count). The summed E-state index contributed by atoms with van der Waals surface area (Å²) in [4.78, 5) is 46.2. The Balaban J connectivity index is 2.19. The first-order valence-electron chi connectivity index (χ1n) is 9.21. The minimum Gasteiger partial charge on any atom is -0.464 e. The molecule has 3 aromatic heterocycles. The lowest BCUT2D eigenvalue weighted by atomic mass is 10.0. The van der Waals surface area contributed by atoms with Gasteiger partial charge in [-0.1, -0.05) is 13.8 Å². The van der Waals surface area contributed by atoms with E-state index in [0.717, 1.165) is 5.76 Å². The summed E-state index contributed by atoms with van der Waals surface area (Å²) in [5.41, 5.74) is -0.0504. The normalized spacial score (nSPS) is 11.4. The van der Waals surface area contributed by atoms with Crippen LogP contribution in [0.25, 0.3) is 11.0 Å². The van der Waals surface area contributed by atoms with Crippen LogP contribution in [0.15, 0.2) is 32.2 Å². The van der Waals surface area contributed by atoms with Gasteiger partial charge < -0.3 is 9.32 Å². The third kappa shape index (κ3) is 3.49. The molecule has 0 unspecified atom stereocenters. The molecule has 28 heavy (non-hydrogen) atoms. The minimum atomic E-state index is -0.613. The van der Waals surface area contributed by atoms with Gasteiger partial charge in [-0.25, -0.2) is 9.78 Å². The number of hydrogen-bond donors (Lipinski definition) is 1. The Morgan fingerprint density at radius 3 is 2.61 bits per heavy atom. The van der Waals surface area contributed by atoms with Crippen LogP contribution in [0.1, 0.15) is 54.3 Å². The maximum Gasteiger partial charge on any atom is 0.329 e. The Hall–Kier alpha value is -3.16. The summed E-state index contributed by atoms with van der Waals surface area (Å²) in [5, 5.41) is 0.123. The number of aromatic nitrogens is 3. The van der Waals surface area contributed by atoms with Gasteiger partial charge in [0.05, 0.1) is 17.5 Å². The standard InChI is InChI=1S/C20H24N4O4/c1-6-24-17-16(18(25)22-20(24)27)14(9-15(21-17)11(2)3)19(26)23(5)10-13-8-7-12(4)28-13/h7-9,11H,6,10H2,1-5H3,(H,22,25,27). The van der Waals surface area contributed by atoms with Crippen LogP contribution >= 0.6 is 0 Å². The fraction of sp³-hybridized carbons (Fsp3) is 0.400. The van der Waals surface area contributed by atoms with Crippen molar-refractivity contribution in [3.8, 4) is 0 Å². The largest absolute Gasteiger partial charge is 0.464 e. The van der Waals surface area contributed by atoms with Gasteiger partial charge in [0.2, 0.25) is 0 Å². The topological polar surface area (TPSA) is 101 Å². The van der Waals surface area contributed by atoms with E-state index in [1.165, 1.54) is 9.47 Å². The fourth-order valence-electron chi connectivity index (χ4n) is 3.13. The van der Waals surface area contributed by atoms with Gasteiger partial charge >= 0.3 is 5.69 Å². The van der Waals surface area contributed by atoms with E-state index < -0.39 is 11.2 Å². The summed E-state index contributed by atoms with van der Waals surface area (Å²) >= 11 is 0. The van der Waals surface area contributed by atoms with E-state index in [2.05, 4.69) is 9.97 Å². The third-order valence-electron chi connectivity index (χ3n) is 4.64. The minimum absolute atomic E-state index is 0.0219. The highest BCUT2D eigenvalue weighted by Gasteiger charge is 2.23. The van der Waals surface area contributed by atoms with Crippen molar-refractivity contribution < 1.29 is 9.21 Å². The van der Waals surface area contributed by atoms with Crippen molar-refractivity contribution in [3.63, 3.8) is 0 Å². The molecule has 0 radical (unpaired) electrons. The zero-order valence-corrected chi connectivity index (χ0v) is 16.7. The van der Waals surface area contributed by atoms with Gasteiger partial charge in [0.1, 0.15) is 11.5 Å². The van der Waals surface area contributed by atoms with Gasteiger partial charge in [-0.3, -0.25) is 19.1 Å². The number of H-pyrrole nitrogens is 1. The molecule has 0 saturated carbocycles. The van der Waals surface area contributed by atoms with E-state index in [9.17, 15) is 14.4 Å². The average molecular weight is 384 g/mol. The van der Waals surface area contributed by atoms with Crippen LogP contribution in [0.5, 0.6) is 0 Å². The first-order chi connectivity index (χ1) is 13.2. The number of fused-ring (bicyclic) bond motifs is 1. The van der Waals surface area contributed by atoms with Crippen molar-refractivity contribution in [2.24, 2.45) is 0 Å². The van der Waals surface area contributed by atoms with Gasteiger partial charge in [0.25, 0.3) is 11.5 Å².